The van der Waals surface area contributed by atoms with Gasteiger partial charge in [0.05, 0.1) is 17.8 Å². The fourth-order valence-electron chi connectivity index (χ4n) is 1.38. The van der Waals surface area contributed by atoms with E-state index in [1.54, 1.807) is 7.05 Å². The lowest BCUT2D eigenvalue weighted by atomic mass is 10.1. The van der Waals surface area contributed by atoms with E-state index in [2.05, 4.69) is 5.32 Å². The molecule has 0 aliphatic heterocycles. The topological polar surface area (TPSA) is 69.6 Å². The zero-order chi connectivity index (χ0) is 13.0. The number of hydrogen-bond donors (Lipinski definition) is 2. The Morgan fingerprint density at radius 2 is 2.12 bits per heavy atom. The Morgan fingerprint density at radius 3 is 2.65 bits per heavy atom. The molecule has 17 heavy (non-hydrogen) atoms. The molecule has 0 saturated heterocycles. The number of likely N-dealkylation sites (N-methyl/N-ethyl adjacent to an activating group) is 2. The van der Waals surface area contributed by atoms with Crippen molar-refractivity contribution in [2.24, 2.45) is 0 Å². The highest BCUT2D eigenvalue weighted by atomic mass is 35.5. The first-order chi connectivity index (χ1) is 7.95. The molecule has 0 aliphatic rings. The standard InChI is InChI=1S/C11H13ClN2O3/c1-13-10(15)6-14(2)9-5-7(12)3-4-8(9)11(16)17/h3-5H,6H2,1-2H3,(H,13,15)(H,16,17). The summed E-state index contributed by atoms with van der Waals surface area (Å²) in [7, 11) is 3.15. The minimum absolute atomic E-state index is 0.0666. The molecule has 0 spiro atoms. The van der Waals surface area contributed by atoms with E-state index in [1.165, 1.54) is 30.1 Å². The number of amides is 1. The van der Waals surface area contributed by atoms with Gasteiger partial charge in [0.15, 0.2) is 0 Å². The maximum absolute atomic E-state index is 11.2. The second-order valence-corrected chi connectivity index (χ2v) is 3.93. The lowest BCUT2D eigenvalue weighted by molar-refractivity contribution is -0.119. The van der Waals surface area contributed by atoms with E-state index in [4.69, 9.17) is 16.7 Å². The summed E-state index contributed by atoms with van der Waals surface area (Å²) in [6.45, 7) is 0.0666. The van der Waals surface area contributed by atoms with Gasteiger partial charge in [-0.3, -0.25) is 4.79 Å². The van der Waals surface area contributed by atoms with E-state index in [9.17, 15) is 9.59 Å². The Morgan fingerprint density at radius 1 is 1.47 bits per heavy atom. The Labute approximate surface area is 104 Å². The van der Waals surface area contributed by atoms with E-state index < -0.39 is 5.97 Å². The molecule has 0 fully saturated rings. The van der Waals surface area contributed by atoms with Gasteiger partial charge in [0.1, 0.15) is 0 Å². The van der Waals surface area contributed by atoms with Crippen LogP contribution in [0.3, 0.4) is 0 Å². The third-order valence-electron chi connectivity index (χ3n) is 2.26. The smallest absolute Gasteiger partial charge is 0.337 e. The molecular weight excluding hydrogens is 244 g/mol. The number of anilines is 1. The minimum atomic E-state index is -1.06. The van der Waals surface area contributed by atoms with Crippen LogP contribution in [0.4, 0.5) is 5.69 Å². The van der Waals surface area contributed by atoms with Crippen LogP contribution in [0.5, 0.6) is 0 Å². The number of hydrogen-bond acceptors (Lipinski definition) is 3. The van der Waals surface area contributed by atoms with Crippen LogP contribution in [0.25, 0.3) is 0 Å². The van der Waals surface area contributed by atoms with Crippen LogP contribution in [0, 0.1) is 0 Å². The average Bonchev–Trinajstić information content (AvgIpc) is 2.28. The minimum Gasteiger partial charge on any atom is -0.478 e. The number of halogens is 1. The lowest BCUT2D eigenvalue weighted by Crippen LogP contribution is -2.33. The van der Waals surface area contributed by atoms with Gasteiger partial charge in [-0.25, -0.2) is 4.79 Å². The highest BCUT2D eigenvalue weighted by Gasteiger charge is 2.15. The quantitative estimate of drug-likeness (QED) is 0.850. The van der Waals surface area contributed by atoms with Gasteiger partial charge >= 0.3 is 5.97 Å². The van der Waals surface area contributed by atoms with Crippen LogP contribution in [0.2, 0.25) is 5.02 Å². The largest absolute Gasteiger partial charge is 0.478 e. The third-order valence-corrected chi connectivity index (χ3v) is 2.50. The first kappa shape index (κ1) is 13.3. The molecule has 0 heterocycles. The maximum atomic E-state index is 11.2. The fraction of sp³-hybridized carbons (Fsp3) is 0.273. The Balaban J connectivity index is 3.06. The van der Waals surface area contributed by atoms with Crippen molar-refractivity contribution in [1.82, 2.24) is 5.32 Å². The number of carbonyl (C=O) groups is 2. The van der Waals surface area contributed by atoms with Gasteiger partial charge in [-0.15, -0.1) is 0 Å². The lowest BCUT2D eigenvalue weighted by Gasteiger charge is -2.20. The zero-order valence-electron chi connectivity index (χ0n) is 9.53. The molecule has 92 valence electrons. The van der Waals surface area contributed by atoms with Crippen LogP contribution < -0.4 is 10.2 Å². The highest BCUT2D eigenvalue weighted by molar-refractivity contribution is 6.31. The van der Waals surface area contributed by atoms with Gasteiger partial charge in [0, 0.05) is 19.1 Å². The molecule has 5 nitrogen and oxygen atoms in total. The number of nitrogens with one attached hydrogen (secondary N) is 1. The van der Waals surface area contributed by atoms with Crippen LogP contribution in [0.1, 0.15) is 10.4 Å². The number of carboxylic acids is 1. The van der Waals surface area contributed by atoms with Gasteiger partial charge in [0.25, 0.3) is 0 Å². The van der Waals surface area contributed by atoms with Crippen molar-refractivity contribution in [3.8, 4) is 0 Å². The number of aromatic carboxylic acids is 1. The average molecular weight is 257 g/mol. The number of carbonyl (C=O) groups excluding carboxylic acids is 1. The molecular formula is C11H13ClN2O3. The molecule has 1 amide bonds. The summed E-state index contributed by atoms with van der Waals surface area (Å²) in [5.74, 6) is -1.26. The molecule has 0 saturated carbocycles. The van der Waals surface area contributed by atoms with Crippen LogP contribution in [-0.4, -0.2) is 37.6 Å². The summed E-state index contributed by atoms with van der Waals surface area (Å²) in [5.41, 5.74) is 0.523. The Kier molecular flexibility index (Phi) is 4.34. The van der Waals surface area contributed by atoms with Crippen molar-refractivity contribution in [3.63, 3.8) is 0 Å². The zero-order valence-corrected chi connectivity index (χ0v) is 10.3. The molecule has 2 N–H and O–H groups in total. The molecule has 6 heteroatoms. The van der Waals surface area contributed by atoms with Crippen LogP contribution >= 0.6 is 11.6 Å². The summed E-state index contributed by atoms with van der Waals surface area (Å²) < 4.78 is 0. The monoisotopic (exact) mass is 256 g/mol. The number of nitrogens with zero attached hydrogens (tertiary/aromatic N) is 1. The van der Waals surface area contributed by atoms with Crippen molar-refractivity contribution in [1.29, 1.82) is 0 Å². The van der Waals surface area contributed by atoms with Gasteiger partial charge in [-0.2, -0.15) is 0 Å². The third kappa shape index (κ3) is 3.35. The summed E-state index contributed by atoms with van der Waals surface area (Å²) in [6, 6.07) is 4.44. The second-order valence-electron chi connectivity index (χ2n) is 3.50. The van der Waals surface area contributed by atoms with Crippen molar-refractivity contribution < 1.29 is 14.7 Å². The van der Waals surface area contributed by atoms with Gasteiger partial charge in [-0.1, -0.05) is 11.6 Å². The van der Waals surface area contributed by atoms with Gasteiger partial charge in [0.2, 0.25) is 5.91 Å². The number of rotatable bonds is 4. The summed E-state index contributed by atoms with van der Waals surface area (Å²) in [5, 5.41) is 11.9. The molecule has 0 radical (unpaired) electrons. The van der Waals surface area contributed by atoms with Crippen molar-refractivity contribution in [2.75, 3.05) is 25.5 Å². The molecule has 1 aromatic rings. The normalized spacial score (nSPS) is 9.82. The highest BCUT2D eigenvalue weighted by Crippen LogP contribution is 2.24. The molecule has 1 rings (SSSR count). The summed E-state index contributed by atoms with van der Waals surface area (Å²) in [6.07, 6.45) is 0. The molecule has 0 aromatic heterocycles. The Hall–Kier alpha value is -1.75. The number of benzene rings is 1. The summed E-state index contributed by atoms with van der Waals surface area (Å²) in [4.78, 5) is 23.8. The second kappa shape index (κ2) is 5.54. The van der Waals surface area contributed by atoms with Crippen LogP contribution in [-0.2, 0) is 4.79 Å². The predicted octanol–water partition coefficient (Wildman–Crippen LogP) is 1.22. The summed E-state index contributed by atoms with van der Waals surface area (Å²) >= 11 is 5.82. The first-order valence-electron chi connectivity index (χ1n) is 4.90. The van der Waals surface area contributed by atoms with Gasteiger partial charge in [-0.05, 0) is 18.2 Å². The van der Waals surface area contributed by atoms with E-state index in [1.807, 2.05) is 0 Å². The van der Waals surface area contributed by atoms with E-state index in [-0.39, 0.29) is 18.0 Å². The molecule has 1 aromatic carbocycles. The van der Waals surface area contributed by atoms with Gasteiger partial charge < -0.3 is 15.3 Å². The van der Waals surface area contributed by atoms with E-state index >= 15 is 0 Å². The molecule has 0 unspecified atom stereocenters. The van der Waals surface area contributed by atoms with Crippen molar-refractivity contribution in [2.45, 2.75) is 0 Å². The maximum Gasteiger partial charge on any atom is 0.337 e. The van der Waals surface area contributed by atoms with E-state index in [0.717, 1.165) is 0 Å². The predicted molar refractivity (Wildman–Crippen MR) is 65.7 cm³/mol. The number of carboxylic acid groups (broad SMARTS) is 1. The van der Waals surface area contributed by atoms with Crippen molar-refractivity contribution >= 4 is 29.2 Å². The molecule has 0 atom stereocenters. The Bertz CT molecular complexity index is 448. The molecule has 0 bridgehead atoms. The fourth-order valence-corrected chi connectivity index (χ4v) is 1.55. The van der Waals surface area contributed by atoms with Crippen LogP contribution in [0.15, 0.2) is 18.2 Å². The first-order valence-corrected chi connectivity index (χ1v) is 5.28. The van der Waals surface area contributed by atoms with E-state index in [0.29, 0.717) is 10.7 Å². The molecule has 0 aliphatic carbocycles. The SMILES string of the molecule is CNC(=O)CN(C)c1cc(Cl)ccc1C(=O)O. The van der Waals surface area contributed by atoms with Crippen molar-refractivity contribution in [3.05, 3.63) is 28.8 Å².